The van der Waals surface area contributed by atoms with E-state index in [9.17, 15) is 9.59 Å². The number of halogens is 2. The summed E-state index contributed by atoms with van der Waals surface area (Å²) in [6.45, 7) is 5.07. The van der Waals surface area contributed by atoms with Crippen LogP contribution in [-0.4, -0.2) is 55.0 Å². The molecule has 2 amide bonds. The van der Waals surface area contributed by atoms with Crippen molar-refractivity contribution in [2.45, 2.75) is 50.7 Å². The Labute approximate surface area is 253 Å². The fourth-order valence-corrected chi connectivity index (χ4v) is 5.97. The lowest BCUT2D eigenvalue weighted by molar-refractivity contribution is -0.121. The van der Waals surface area contributed by atoms with Crippen molar-refractivity contribution in [1.29, 1.82) is 0 Å². The fraction of sp³-hybridized carbons (Fsp3) is 0.394. The number of rotatable bonds is 11. The van der Waals surface area contributed by atoms with Crippen LogP contribution in [0.25, 0.3) is 0 Å². The Morgan fingerprint density at radius 1 is 0.976 bits per heavy atom. The maximum atomic E-state index is 12.8. The zero-order chi connectivity index (χ0) is 29.2. The van der Waals surface area contributed by atoms with E-state index in [1.165, 1.54) is 0 Å². The van der Waals surface area contributed by atoms with Gasteiger partial charge in [-0.05, 0) is 61.1 Å². The standard InChI is InChI=1S/C33H39Cl2N3O3/c1-25(39)36-33(29-13-7-4-8-14-29)17-20-38(21-18-33)19-9-12-28(27-15-16-30(34)31(35)22-27)23-37(2)32(40)41-24-26-10-5-3-6-11-26/h3-8,10-11,13-16,22,28H,9,12,17-21,23-24H2,1-2H3,(H,36,39). The predicted molar refractivity (Wildman–Crippen MR) is 165 cm³/mol. The summed E-state index contributed by atoms with van der Waals surface area (Å²) in [6, 6.07) is 25.7. The number of piperidine rings is 1. The second kappa shape index (κ2) is 14.7. The van der Waals surface area contributed by atoms with Crippen molar-refractivity contribution < 1.29 is 14.3 Å². The Bertz CT molecular complexity index is 1280. The number of nitrogens with one attached hydrogen (secondary N) is 1. The van der Waals surface area contributed by atoms with Crippen LogP contribution >= 0.6 is 23.2 Å². The van der Waals surface area contributed by atoms with Gasteiger partial charge < -0.3 is 19.9 Å². The minimum absolute atomic E-state index is 0.00168. The molecule has 3 aromatic rings. The molecule has 1 aliphatic heterocycles. The van der Waals surface area contributed by atoms with Crippen molar-refractivity contribution in [3.63, 3.8) is 0 Å². The number of hydrogen-bond donors (Lipinski definition) is 1. The van der Waals surface area contributed by atoms with E-state index in [0.717, 1.165) is 62.0 Å². The highest BCUT2D eigenvalue weighted by Crippen LogP contribution is 2.34. The lowest BCUT2D eigenvalue weighted by Gasteiger charge is -2.43. The third-order valence-corrected chi connectivity index (χ3v) is 8.64. The highest BCUT2D eigenvalue weighted by molar-refractivity contribution is 6.42. The van der Waals surface area contributed by atoms with Crippen molar-refractivity contribution in [2.75, 3.05) is 33.2 Å². The average Bonchev–Trinajstić information content (AvgIpc) is 2.98. The number of likely N-dealkylation sites (tertiary alicyclic amines) is 1. The van der Waals surface area contributed by atoms with E-state index in [4.69, 9.17) is 27.9 Å². The second-order valence-electron chi connectivity index (χ2n) is 10.9. The zero-order valence-corrected chi connectivity index (χ0v) is 25.3. The molecule has 1 saturated heterocycles. The fourth-order valence-electron chi connectivity index (χ4n) is 5.66. The van der Waals surface area contributed by atoms with Crippen molar-refractivity contribution in [3.8, 4) is 0 Å². The summed E-state index contributed by atoms with van der Waals surface area (Å²) in [5.41, 5.74) is 2.84. The molecule has 8 heteroatoms. The van der Waals surface area contributed by atoms with Crippen LogP contribution in [0.2, 0.25) is 10.0 Å². The molecule has 0 radical (unpaired) electrons. The third kappa shape index (κ3) is 8.71. The lowest BCUT2D eigenvalue weighted by Crippen LogP contribution is -2.52. The van der Waals surface area contributed by atoms with Gasteiger partial charge in [0.2, 0.25) is 5.91 Å². The Morgan fingerprint density at radius 3 is 2.27 bits per heavy atom. The number of ether oxygens (including phenoxy) is 1. The number of carbonyl (C=O) groups is 2. The van der Waals surface area contributed by atoms with Gasteiger partial charge in [-0.3, -0.25) is 4.79 Å². The van der Waals surface area contributed by atoms with Crippen LogP contribution < -0.4 is 5.32 Å². The first-order chi connectivity index (χ1) is 19.8. The van der Waals surface area contributed by atoms with E-state index < -0.39 is 0 Å². The molecule has 3 aromatic carbocycles. The summed E-state index contributed by atoms with van der Waals surface area (Å²) in [5, 5.41) is 4.27. The third-order valence-electron chi connectivity index (χ3n) is 7.90. The molecule has 1 N–H and O–H groups in total. The van der Waals surface area contributed by atoms with Crippen LogP contribution in [0.15, 0.2) is 78.9 Å². The van der Waals surface area contributed by atoms with Gasteiger partial charge in [-0.2, -0.15) is 0 Å². The normalized spacial score (nSPS) is 15.6. The highest BCUT2D eigenvalue weighted by Gasteiger charge is 2.36. The Hall–Kier alpha value is -3.06. The molecule has 0 aromatic heterocycles. The predicted octanol–water partition coefficient (Wildman–Crippen LogP) is 7.25. The molecule has 1 fully saturated rings. The van der Waals surface area contributed by atoms with Gasteiger partial charge in [-0.25, -0.2) is 4.79 Å². The molecule has 41 heavy (non-hydrogen) atoms. The van der Waals surface area contributed by atoms with Crippen LogP contribution in [0.4, 0.5) is 4.79 Å². The molecule has 0 aliphatic carbocycles. The summed E-state index contributed by atoms with van der Waals surface area (Å²) in [6.07, 6.45) is 3.20. The van der Waals surface area contributed by atoms with E-state index in [-0.39, 0.29) is 30.1 Å². The monoisotopic (exact) mass is 595 g/mol. The van der Waals surface area contributed by atoms with E-state index in [0.29, 0.717) is 16.6 Å². The number of amides is 2. The van der Waals surface area contributed by atoms with Crippen molar-refractivity contribution in [3.05, 3.63) is 106 Å². The van der Waals surface area contributed by atoms with E-state index >= 15 is 0 Å². The van der Waals surface area contributed by atoms with E-state index in [1.807, 2.05) is 66.7 Å². The van der Waals surface area contributed by atoms with Crippen molar-refractivity contribution in [2.24, 2.45) is 0 Å². The minimum Gasteiger partial charge on any atom is -0.445 e. The van der Waals surface area contributed by atoms with Gasteiger partial charge in [0.05, 0.1) is 15.6 Å². The number of nitrogens with zero attached hydrogens (tertiary/aromatic N) is 2. The van der Waals surface area contributed by atoms with Crippen molar-refractivity contribution in [1.82, 2.24) is 15.1 Å². The van der Waals surface area contributed by atoms with Crippen molar-refractivity contribution >= 4 is 35.2 Å². The maximum absolute atomic E-state index is 12.8. The van der Waals surface area contributed by atoms with Gasteiger partial charge in [0.15, 0.2) is 0 Å². The summed E-state index contributed by atoms with van der Waals surface area (Å²) in [7, 11) is 1.77. The molecule has 1 unspecified atom stereocenters. The molecule has 1 atom stereocenters. The Balaban J connectivity index is 1.35. The first-order valence-electron chi connectivity index (χ1n) is 14.2. The first-order valence-corrected chi connectivity index (χ1v) is 14.9. The second-order valence-corrected chi connectivity index (χ2v) is 11.7. The molecule has 0 spiro atoms. The summed E-state index contributed by atoms with van der Waals surface area (Å²) >= 11 is 12.6. The van der Waals surface area contributed by atoms with E-state index in [1.54, 1.807) is 18.9 Å². The molecule has 1 aliphatic rings. The average molecular weight is 597 g/mol. The Kier molecular flexibility index (Phi) is 11.1. The topological polar surface area (TPSA) is 61.9 Å². The Morgan fingerprint density at radius 2 is 1.63 bits per heavy atom. The number of carbonyl (C=O) groups excluding carboxylic acids is 2. The maximum Gasteiger partial charge on any atom is 0.409 e. The van der Waals surface area contributed by atoms with Crippen LogP contribution in [-0.2, 0) is 21.7 Å². The molecule has 0 saturated carbocycles. The minimum atomic E-state index is -0.356. The summed E-state index contributed by atoms with van der Waals surface area (Å²) < 4.78 is 5.55. The number of hydrogen-bond acceptors (Lipinski definition) is 4. The molecule has 218 valence electrons. The summed E-state index contributed by atoms with van der Waals surface area (Å²) in [5.74, 6) is 0.0739. The van der Waals surface area contributed by atoms with Crippen LogP contribution in [0, 0.1) is 0 Å². The smallest absolute Gasteiger partial charge is 0.409 e. The lowest BCUT2D eigenvalue weighted by atomic mass is 9.80. The molecular weight excluding hydrogens is 557 g/mol. The van der Waals surface area contributed by atoms with Gasteiger partial charge in [-0.15, -0.1) is 0 Å². The largest absolute Gasteiger partial charge is 0.445 e. The van der Waals surface area contributed by atoms with Crippen LogP contribution in [0.1, 0.15) is 55.2 Å². The van der Waals surface area contributed by atoms with Gasteiger partial charge in [0.25, 0.3) is 0 Å². The van der Waals surface area contributed by atoms with E-state index in [2.05, 4.69) is 22.3 Å². The first kappa shape index (κ1) is 30.9. The quantitative estimate of drug-likeness (QED) is 0.253. The molecule has 0 bridgehead atoms. The number of likely N-dealkylation sites (N-methyl/N-ethyl adjacent to an activating group) is 1. The van der Waals surface area contributed by atoms with Crippen LogP contribution in [0.3, 0.4) is 0 Å². The molecule has 6 nitrogen and oxygen atoms in total. The zero-order valence-electron chi connectivity index (χ0n) is 23.8. The van der Waals surface area contributed by atoms with Gasteiger partial charge in [0, 0.05) is 39.5 Å². The molecule has 4 rings (SSSR count). The molecule has 1 heterocycles. The van der Waals surface area contributed by atoms with Gasteiger partial charge in [-0.1, -0.05) is 89.9 Å². The summed E-state index contributed by atoms with van der Waals surface area (Å²) in [4.78, 5) is 29.0. The number of benzene rings is 3. The SMILES string of the molecule is CC(=O)NC1(c2ccccc2)CCN(CCCC(CN(C)C(=O)OCc2ccccc2)c2ccc(Cl)c(Cl)c2)CC1. The van der Waals surface area contributed by atoms with Crippen LogP contribution in [0.5, 0.6) is 0 Å². The van der Waals surface area contributed by atoms with Gasteiger partial charge >= 0.3 is 6.09 Å². The molecular formula is C33H39Cl2N3O3. The highest BCUT2D eigenvalue weighted by atomic mass is 35.5. The van der Waals surface area contributed by atoms with Gasteiger partial charge in [0.1, 0.15) is 6.61 Å².